The predicted octanol–water partition coefficient (Wildman–Crippen LogP) is 3.80. The van der Waals surface area contributed by atoms with Crippen molar-refractivity contribution in [2.45, 2.75) is 6.92 Å². The molecular weight excluding hydrogens is 228 g/mol. The van der Waals surface area contributed by atoms with Crippen LogP contribution in [0.1, 0.15) is 17.3 Å². The Morgan fingerprint density at radius 2 is 1.89 bits per heavy atom. The smallest absolute Gasteiger partial charge is 0.163 e. The van der Waals surface area contributed by atoms with Gasteiger partial charge in [-0.15, -0.1) is 0 Å². The molecule has 0 fully saturated rings. The lowest BCUT2D eigenvalue weighted by molar-refractivity contribution is 0.101. The average molecular weight is 240 g/mol. The second-order valence-electron chi connectivity index (χ2n) is 4.20. The Bertz CT molecular complexity index is 753. The van der Waals surface area contributed by atoms with E-state index in [2.05, 4.69) is 0 Å². The van der Waals surface area contributed by atoms with Crippen molar-refractivity contribution in [3.8, 4) is 5.75 Å². The largest absolute Gasteiger partial charge is 0.496 e. The molecule has 18 heavy (non-hydrogen) atoms. The number of hydrogen-bond acceptors (Lipinski definition) is 3. The van der Waals surface area contributed by atoms with Gasteiger partial charge in [-0.25, -0.2) is 0 Å². The molecule has 0 bridgehead atoms. The van der Waals surface area contributed by atoms with Gasteiger partial charge in [0.1, 0.15) is 16.9 Å². The van der Waals surface area contributed by atoms with Gasteiger partial charge in [-0.1, -0.05) is 18.2 Å². The number of furan rings is 1. The van der Waals surface area contributed by atoms with Crippen molar-refractivity contribution < 1.29 is 13.9 Å². The van der Waals surface area contributed by atoms with E-state index in [9.17, 15) is 4.79 Å². The normalized spacial score (nSPS) is 11.0. The highest BCUT2D eigenvalue weighted by Crippen LogP contribution is 2.33. The maximum Gasteiger partial charge on any atom is 0.163 e. The Labute approximate surface area is 104 Å². The van der Waals surface area contributed by atoms with E-state index in [0.717, 1.165) is 16.4 Å². The van der Waals surface area contributed by atoms with Gasteiger partial charge >= 0.3 is 0 Å². The van der Waals surface area contributed by atoms with E-state index in [4.69, 9.17) is 9.15 Å². The number of hydrogen-bond donors (Lipinski definition) is 0. The highest BCUT2D eigenvalue weighted by Gasteiger charge is 2.14. The molecule has 0 radical (unpaired) electrons. The number of carbonyl (C=O) groups is 1. The van der Waals surface area contributed by atoms with Crippen LogP contribution in [0.3, 0.4) is 0 Å². The number of rotatable bonds is 2. The van der Waals surface area contributed by atoms with Crippen LogP contribution in [0.5, 0.6) is 5.75 Å². The molecular formula is C15H12O3. The van der Waals surface area contributed by atoms with Gasteiger partial charge in [0.25, 0.3) is 0 Å². The molecule has 0 unspecified atom stereocenters. The number of ether oxygens (including phenoxy) is 1. The number of carbonyl (C=O) groups excluding carboxylic acids is 1. The Balaban J connectivity index is 2.43. The molecule has 90 valence electrons. The quantitative estimate of drug-likeness (QED) is 0.639. The fraction of sp³-hybridized carbons (Fsp3) is 0.133. The molecule has 0 aliphatic rings. The molecule has 1 heterocycles. The lowest BCUT2D eigenvalue weighted by atomic mass is 10.1. The summed E-state index contributed by atoms with van der Waals surface area (Å²) < 4.78 is 11.0. The maximum absolute atomic E-state index is 11.6. The minimum absolute atomic E-state index is 0.0331. The molecule has 0 N–H and O–H groups in total. The van der Waals surface area contributed by atoms with Crippen LogP contribution in [-0.4, -0.2) is 12.9 Å². The number of para-hydroxylation sites is 1. The highest BCUT2D eigenvalue weighted by molar-refractivity contribution is 6.09. The van der Waals surface area contributed by atoms with Gasteiger partial charge in [-0.3, -0.25) is 4.79 Å². The fourth-order valence-electron chi connectivity index (χ4n) is 2.20. The lowest BCUT2D eigenvalue weighted by Gasteiger charge is -2.05. The third-order valence-electron chi connectivity index (χ3n) is 3.08. The average Bonchev–Trinajstić information content (AvgIpc) is 2.74. The third-order valence-corrected chi connectivity index (χ3v) is 3.08. The zero-order chi connectivity index (χ0) is 12.7. The monoisotopic (exact) mass is 240 g/mol. The molecule has 2 aromatic carbocycles. The molecule has 3 rings (SSSR count). The summed E-state index contributed by atoms with van der Waals surface area (Å²) in [5.74, 6) is 0.552. The fourth-order valence-corrected chi connectivity index (χ4v) is 2.20. The van der Waals surface area contributed by atoms with Gasteiger partial charge in [0.2, 0.25) is 0 Å². The molecule has 3 heteroatoms. The molecule has 0 saturated carbocycles. The molecule has 0 aliphatic carbocycles. The van der Waals surface area contributed by atoms with E-state index in [1.54, 1.807) is 13.2 Å². The van der Waals surface area contributed by atoms with Gasteiger partial charge in [-0.05, 0) is 25.1 Å². The van der Waals surface area contributed by atoms with Crippen molar-refractivity contribution in [3.63, 3.8) is 0 Å². The number of Topliss-reactive ketones (excluding diaryl/α,β-unsaturated/α-hetero) is 1. The van der Waals surface area contributed by atoms with Crippen LogP contribution in [0.25, 0.3) is 21.9 Å². The molecule has 0 saturated heterocycles. The summed E-state index contributed by atoms with van der Waals surface area (Å²) in [5.41, 5.74) is 2.07. The van der Waals surface area contributed by atoms with Crippen molar-refractivity contribution in [2.24, 2.45) is 0 Å². The number of benzene rings is 2. The molecule has 0 atom stereocenters. The summed E-state index contributed by atoms with van der Waals surface area (Å²) in [6.07, 6.45) is 0. The Morgan fingerprint density at radius 1 is 1.11 bits per heavy atom. The van der Waals surface area contributed by atoms with Crippen molar-refractivity contribution in [2.75, 3.05) is 7.11 Å². The minimum atomic E-state index is -0.0331. The van der Waals surface area contributed by atoms with Crippen LogP contribution < -0.4 is 4.74 Å². The van der Waals surface area contributed by atoms with Crippen LogP contribution in [0.15, 0.2) is 40.8 Å². The van der Waals surface area contributed by atoms with Crippen LogP contribution in [-0.2, 0) is 0 Å². The second kappa shape index (κ2) is 3.88. The summed E-state index contributed by atoms with van der Waals surface area (Å²) in [6.45, 7) is 1.52. The highest BCUT2D eigenvalue weighted by atomic mass is 16.5. The first-order valence-electron chi connectivity index (χ1n) is 5.71. The van der Waals surface area contributed by atoms with Crippen molar-refractivity contribution in [3.05, 3.63) is 42.0 Å². The van der Waals surface area contributed by atoms with Gasteiger partial charge in [0.15, 0.2) is 5.78 Å². The predicted molar refractivity (Wildman–Crippen MR) is 70.3 cm³/mol. The van der Waals surface area contributed by atoms with E-state index in [1.807, 2.05) is 30.3 Å². The number of methoxy groups -OCH3 is 1. The summed E-state index contributed by atoms with van der Waals surface area (Å²) in [6, 6.07) is 11.4. The molecule has 3 nitrogen and oxygen atoms in total. The SMILES string of the molecule is COc1cc2c(cc1C(C)=O)oc1ccccc12. The Morgan fingerprint density at radius 3 is 2.61 bits per heavy atom. The third kappa shape index (κ3) is 1.48. The maximum atomic E-state index is 11.6. The van der Waals surface area contributed by atoms with Crippen molar-refractivity contribution >= 4 is 27.7 Å². The zero-order valence-corrected chi connectivity index (χ0v) is 10.2. The Hall–Kier alpha value is -2.29. The second-order valence-corrected chi connectivity index (χ2v) is 4.20. The summed E-state index contributed by atoms with van der Waals surface area (Å²) in [4.78, 5) is 11.6. The Kier molecular flexibility index (Phi) is 2.33. The molecule has 0 spiro atoms. The van der Waals surface area contributed by atoms with Crippen LogP contribution in [0, 0.1) is 0 Å². The standard InChI is InChI=1S/C15H12O3/c1-9(16)11-7-15-12(8-14(11)17-2)10-5-3-4-6-13(10)18-15/h3-8H,1-2H3. The zero-order valence-electron chi connectivity index (χ0n) is 10.2. The minimum Gasteiger partial charge on any atom is -0.496 e. The molecule has 1 aromatic heterocycles. The summed E-state index contributed by atoms with van der Waals surface area (Å²) in [5, 5.41) is 1.99. The topological polar surface area (TPSA) is 39.4 Å². The van der Waals surface area contributed by atoms with E-state index in [0.29, 0.717) is 16.9 Å². The van der Waals surface area contributed by atoms with E-state index in [1.165, 1.54) is 6.92 Å². The van der Waals surface area contributed by atoms with Crippen LogP contribution >= 0.6 is 0 Å². The van der Waals surface area contributed by atoms with Gasteiger partial charge < -0.3 is 9.15 Å². The lowest BCUT2D eigenvalue weighted by Crippen LogP contribution is -1.96. The first kappa shape index (κ1) is 10.8. The summed E-state index contributed by atoms with van der Waals surface area (Å²) in [7, 11) is 1.57. The van der Waals surface area contributed by atoms with Crippen LogP contribution in [0.4, 0.5) is 0 Å². The van der Waals surface area contributed by atoms with Gasteiger partial charge in [-0.2, -0.15) is 0 Å². The first-order chi connectivity index (χ1) is 8.70. The van der Waals surface area contributed by atoms with E-state index >= 15 is 0 Å². The van der Waals surface area contributed by atoms with Gasteiger partial charge in [0.05, 0.1) is 12.7 Å². The number of fused-ring (bicyclic) bond motifs is 3. The number of ketones is 1. The van der Waals surface area contributed by atoms with E-state index in [-0.39, 0.29) is 5.78 Å². The molecule has 0 amide bonds. The summed E-state index contributed by atoms with van der Waals surface area (Å²) >= 11 is 0. The van der Waals surface area contributed by atoms with Gasteiger partial charge in [0, 0.05) is 10.8 Å². The van der Waals surface area contributed by atoms with Crippen molar-refractivity contribution in [1.29, 1.82) is 0 Å². The first-order valence-corrected chi connectivity index (χ1v) is 5.71. The molecule has 0 aliphatic heterocycles. The molecule has 3 aromatic rings. The van der Waals surface area contributed by atoms with E-state index < -0.39 is 0 Å². The van der Waals surface area contributed by atoms with Crippen LogP contribution in [0.2, 0.25) is 0 Å². The van der Waals surface area contributed by atoms with Crippen molar-refractivity contribution in [1.82, 2.24) is 0 Å².